The summed E-state index contributed by atoms with van der Waals surface area (Å²) >= 11 is 0. The molecule has 8 nitrogen and oxygen atoms in total. The first-order valence-corrected chi connectivity index (χ1v) is 8.78. The molecule has 8 heteroatoms. The van der Waals surface area contributed by atoms with Crippen LogP contribution in [0.25, 0.3) is 11.1 Å². The number of alkyl carbamates (subject to hydrolysis) is 1. The van der Waals surface area contributed by atoms with Gasteiger partial charge in [-0.1, -0.05) is 48.5 Å². The number of carbonyl (C=O) groups is 3. The van der Waals surface area contributed by atoms with Crippen LogP contribution >= 0.6 is 0 Å². The van der Waals surface area contributed by atoms with E-state index in [0.29, 0.717) is 0 Å². The second kappa shape index (κ2) is 8.53. The Balaban J connectivity index is 1.67. The smallest absolute Gasteiger partial charge is 0.407 e. The summed E-state index contributed by atoms with van der Waals surface area (Å²) in [4.78, 5) is 34.5. The second-order valence-electron chi connectivity index (χ2n) is 6.43. The van der Waals surface area contributed by atoms with Gasteiger partial charge >= 0.3 is 12.1 Å². The third-order valence-electron chi connectivity index (χ3n) is 4.71. The molecule has 3 rings (SSSR count). The largest absolute Gasteiger partial charge is 0.481 e. The van der Waals surface area contributed by atoms with Crippen LogP contribution in [0.5, 0.6) is 0 Å². The maximum absolute atomic E-state index is 12.2. The molecule has 1 aliphatic carbocycles. The number of amides is 2. The molecule has 0 heterocycles. The molecular weight excluding hydrogens is 364 g/mol. The molecule has 0 fully saturated rings. The van der Waals surface area contributed by atoms with Crippen LogP contribution in [0.4, 0.5) is 4.79 Å². The van der Waals surface area contributed by atoms with Crippen LogP contribution < -0.4 is 10.8 Å². The molecule has 1 aliphatic rings. The van der Waals surface area contributed by atoms with Crippen molar-refractivity contribution in [3.05, 3.63) is 59.7 Å². The molecule has 0 saturated heterocycles. The number of benzene rings is 2. The van der Waals surface area contributed by atoms with Crippen molar-refractivity contribution in [1.82, 2.24) is 10.8 Å². The zero-order valence-electron chi connectivity index (χ0n) is 14.9. The van der Waals surface area contributed by atoms with E-state index in [2.05, 4.69) is 5.32 Å². The quantitative estimate of drug-likeness (QED) is 0.429. The fourth-order valence-corrected chi connectivity index (χ4v) is 3.40. The van der Waals surface area contributed by atoms with E-state index >= 15 is 0 Å². The van der Waals surface area contributed by atoms with E-state index in [0.717, 1.165) is 22.3 Å². The van der Waals surface area contributed by atoms with Gasteiger partial charge < -0.3 is 15.2 Å². The normalized spacial score (nSPS) is 13.2. The monoisotopic (exact) mass is 384 g/mol. The number of nitrogens with one attached hydrogen (secondary N) is 2. The molecule has 1 unspecified atom stereocenters. The Morgan fingerprint density at radius 3 is 2.11 bits per heavy atom. The summed E-state index contributed by atoms with van der Waals surface area (Å²) in [6.45, 7) is 0.0618. The van der Waals surface area contributed by atoms with E-state index in [1.54, 1.807) is 0 Å². The van der Waals surface area contributed by atoms with Crippen LogP contribution in [-0.2, 0) is 14.3 Å². The molecule has 0 spiro atoms. The average Bonchev–Trinajstić information content (AvgIpc) is 3.02. The first-order chi connectivity index (χ1) is 13.5. The Labute approximate surface area is 161 Å². The zero-order chi connectivity index (χ0) is 20.1. The van der Waals surface area contributed by atoms with Crippen LogP contribution in [-0.4, -0.2) is 40.9 Å². The molecule has 0 saturated carbocycles. The van der Waals surface area contributed by atoms with Gasteiger partial charge in [-0.15, -0.1) is 0 Å². The number of fused-ring (bicyclic) bond motifs is 3. The van der Waals surface area contributed by atoms with Crippen molar-refractivity contribution in [1.29, 1.82) is 0 Å². The molecule has 2 aromatic rings. The summed E-state index contributed by atoms with van der Waals surface area (Å²) < 4.78 is 5.31. The average molecular weight is 384 g/mol. The number of aliphatic carboxylic acids is 1. The predicted molar refractivity (Wildman–Crippen MR) is 98.8 cm³/mol. The number of hydrogen-bond donors (Lipinski definition) is 4. The molecule has 0 radical (unpaired) electrons. The van der Waals surface area contributed by atoms with Crippen LogP contribution in [0.15, 0.2) is 48.5 Å². The van der Waals surface area contributed by atoms with Crippen LogP contribution in [0, 0.1) is 0 Å². The van der Waals surface area contributed by atoms with Gasteiger partial charge in [0.1, 0.15) is 12.6 Å². The topological polar surface area (TPSA) is 125 Å². The highest BCUT2D eigenvalue weighted by atomic mass is 16.5. The Kier molecular flexibility index (Phi) is 5.90. The van der Waals surface area contributed by atoms with Gasteiger partial charge in [0, 0.05) is 12.3 Å². The van der Waals surface area contributed by atoms with Crippen molar-refractivity contribution in [2.75, 3.05) is 6.61 Å². The standard InChI is InChI=1S/C20H20N2O6/c23-18(24)10-9-17(19(25)22-27)21-20(26)28-11-16-14-7-3-1-5-12(14)13-6-2-4-8-15(13)16/h1-8,16-17,27H,9-11H2,(H,21,26)(H,22,25)(H,23,24). The molecule has 2 amide bonds. The molecule has 1 atom stereocenters. The molecule has 4 N–H and O–H groups in total. The number of carbonyl (C=O) groups excluding carboxylic acids is 2. The minimum atomic E-state index is -1.21. The van der Waals surface area contributed by atoms with Gasteiger partial charge in [0.2, 0.25) is 0 Å². The maximum atomic E-state index is 12.2. The Bertz CT molecular complexity index is 852. The SMILES string of the molecule is O=C(O)CCC(NC(=O)OCC1c2ccccc2-c2ccccc21)C(=O)NO. The lowest BCUT2D eigenvalue weighted by atomic mass is 9.98. The highest BCUT2D eigenvalue weighted by Gasteiger charge is 2.29. The first-order valence-electron chi connectivity index (χ1n) is 8.78. The van der Waals surface area contributed by atoms with Crippen molar-refractivity contribution < 1.29 is 29.4 Å². The van der Waals surface area contributed by atoms with E-state index in [9.17, 15) is 14.4 Å². The third kappa shape index (κ3) is 4.12. The van der Waals surface area contributed by atoms with Gasteiger partial charge in [-0.2, -0.15) is 0 Å². The van der Waals surface area contributed by atoms with Crippen LogP contribution in [0.1, 0.15) is 29.9 Å². The van der Waals surface area contributed by atoms with E-state index in [1.807, 2.05) is 48.5 Å². The maximum Gasteiger partial charge on any atom is 0.407 e. The molecule has 146 valence electrons. The van der Waals surface area contributed by atoms with E-state index in [-0.39, 0.29) is 25.4 Å². The summed E-state index contributed by atoms with van der Waals surface area (Å²) in [5.41, 5.74) is 5.69. The molecule has 0 aromatic heterocycles. The lowest BCUT2D eigenvalue weighted by Gasteiger charge is -2.18. The third-order valence-corrected chi connectivity index (χ3v) is 4.71. The molecule has 0 bridgehead atoms. The van der Waals surface area contributed by atoms with Gasteiger partial charge in [-0.25, -0.2) is 10.3 Å². The Hall–Kier alpha value is -3.39. The minimum absolute atomic E-state index is 0.0618. The van der Waals surface area contributed by atoms with Gasteiger partial charge in [0.15, 0.2) is 0 Å². The molecule has 0 aliphatic heterocycles. The van der Waals surface area contributed by atoms with Gasteiger partial charge in [-0.3, -0.25) is 14.8 Å². The van der Waals surface area contributed by atoms with Crippen molar-refractivity contribution in [3.63, 3.8) is 0 Å². The van der Waals surface area contributed by atoms with E-state index in [1.165, 1.54) is 5.48 Å². The second-order valence-corrected chi connectivity index (χ2v) is 6.43. The van der Waals surface area contributed by atoms with Crippen LogP contribution in [0.2, 0.25) is 0 Å². The predicted octanol–water partition coefficient (Wildman–Crippen LogP) is 2.26. The summed E-state index contributed by atoms with van der Waals surface area (Å²) in [5, 5.41) is 19.8. The lowest BCUT2D eigenvalue weighted by Crippen LogP contribution is -2.46. The lowest BCUT2D eigenvalue weighted by molar-refractivity contribution is -0.137. The van der Waals surface area contributed by atoms with Crippen molar-refractivity contribution >= 4 is 18.0 Å². The van der Waals surface area contributed by atoms with Gasteiger partial charge in [-0.05, 0) is 28.7 Å². The molecule has 2 aromatic carbocycles. The van der Waals surface area contributed by atoms with Crippen molar-refractivity contribution in [3.8, 4) is 11.1 Å². The number of rotatable bonds is 7. The number of carboxylic acid groups (broad SMARTS) is 1. The van der Waals surface area contributed by atoms with Crippen LogP contribution in [0.3, 0.4) is 0 Å². The van der Waals surface area contributed by atoms with Gasteiger partial charge in [0.05, 0.1) is 0 Å². The molecule has 28 heavy (non-hydrogen) atoms. The summed E-state index contributed by atoms with van der Waals surface area (Å²) in [6, 6.07) is 14.5. The minimum Gasteiger partial charge on any atom is -0.481 e. The van der Waals surface area contributed by atoms with Crippen molar-refractivity contribution in [2.45, 2.75) is 24.8 Å². The number of carboxylic acids is 1. The first kappa shape index (κ1) is 19.4. The number of hydrogen-bond acceptors (Lipinski definition) is 5. The zero-order valence-corrected chi connectivity index (χ0v) is 14.9. The highest BCUT2D eigenvalue weighted by Crippen LogP contribution is 2.44. The molecular formula is C20H20N2O6. The van der Waals surface area contributed by atoms with Gasteiger partial charge in [0.25, 0.3) is 5.91 Å². The summed E-state index contributed by atoms with van der Waals surface area (Å²) in [6.07, 6.45) is -1.38. The Morgan fingerprint density at radius 2 is 1.57 bits per heavy atom. The van der Waals surface area contributed by atoms with E-state index in [4.69, 9.17) is 15.1 Å². The Morgan fingerprint density at radius 1 is 1.00 bits per heavy atom. The number of hydroxylamine groups is 1. The fraction of sp³-hybridized carbons (Fsp3) is 0.250. The fourth-order valence-electron chi connectivity index (χ4n) is 3.40. The number of ether oxygens (including phenoxy) is 1. The highest BCUT2D eigenvalue weighted by molar-refractivity contribution is 5.85. The van der Waals surface area contributed by atoms with Crippen molar-refractivity contribution in [2.24, 2.45) is 0 Å². The summed E-state index contributed by atoms with van der Waals surface area (Å²) in [7, 11) is 0. The summed E-state index contributed by atoms with van der Waals surface area (Å²) in [5.74, 6) is -2.16. The van der Waals surface area contributed by atoms with E-state index < -0.39 is 24.0 Å².